The Hall–Kier alpha value is -3.06. The van der Waals surface area contributed by atoms with Crippen LogP contribution in [0.3, 0.4) is 0 Å². The highest BCUT2D eigenvalue weighted by atomic mass is 35.5. The molecule has 14 heteroatoms. The summed E-state index contributed by atoms with van der Waals surface area (Å²) in [6.45, 7) is 5.88. The molecule has 3 unspecified atom stereocenters. The molecule has 0 bridgehead atoms. The SMILES string of the molecule is C.C.CCOC(=O)C=C1C[C@H]2CCC[C@H]2C1.CCOC(=O)CC1(C[N+](=O)[O-])C[C@H]2CCCC[C@H]2C1.Cl.NCC1(CC(=O)O)C[C@H]2CCCC[C@H]2C1.O=C1CC2(CN1)C[C@H]1CCC[C@H]1C2.O=C1C[C@H]2CCC[C@H]2C1. The molecule has 1 amide bonds. The summed E-state index contributed by atoms with van der Waals surface area (Å²) in [4.78, 5) is 66.6. The van der Waals surface area contributed by atoms with E-state index in [4.69, 9.17) is 20.3 Å². The van der Waals surface area contributed by atoms with Gasteiger partial charge in [-0.2, -0.15) is 0 Å². The van der Waals surface area contributed by atoms with Crippen molar-refractivity contribution in [3.8, 4) is 0 Å². The van der Waals surface area contributed by atoms with Gasteiger partial charge in [-0.15, -0.1) is 12.4 Å². The van der Waals surface area contributed by atoms with E-state index in [1.165, 1.54) is 128 Å². The van der Waals surface area contributed by atoms with Crippen LogP contribution in [0.2, 0.25) is 0 Å². The molecule has 11 fully saturated rings. The summed E-state index contributed by atoms with van der Waals surface area (Å²) in [5, 5.41) is 22.9. The number of allylic oxidation sites excluding steroid dienone is 1. The van der Waals surface area contributed by atoms with Crippen molar-refractivity contribution in [1.82, 2.24) is 5.32 Å². The highest BCUT2D eigenvalue weighted by Crippen LogP contribution is 2.56. The first-order valence-electron chi connectivity index (χ1n) is 28.5. The Labute approximate surface area is 446 Å². The van der Waals surface area contributed by atoms with Crippen molar-refractivity contribution in [2.75, 3.05) is 32.8 Å². The number of hydrogen-bond donors (Lipinski definition) is 3. The summed E-state index contributed by atoms with van der Waals surface area (Å²) < 4.78 is 9.91. The first-order chi connectivity index (χ1) is 33.6. The second kappa shape index (κ2) is 28.9. The summed E-state index contributed by atoms with van der Waals surface area (Å²) in [6.07, 6.45) is 36.1. The number of carboxylic acids is 1. The van der Waals surface area contributed by atoms with Crippen molar-refractivity contribution < 1.29 is 43.5 Å². The Morgan fingerprint density at radius 3 is 1.45 bits per heavy atom. The fraction of sp³-hybridized carbons (Fsp3) is 0.881. The van der Waals surface area contributed by atoms with Crippen LogP contribution in [-0.2, 0) is 33.4 Å². The lowest BCUT2D eigenvalue weighted by Crippen LogP contribution is -2.31. The maximum Gasteiger partial charge on any atom is 0.330 e. The van der Waals surface area contributed by atoms with Crippen LogP contribution < -0.4 is 11.1 Å². The van der Waals surface area contributed by atoms with Gasteiger partial charge in [0.1, 0.15) is 5.78 Å². The third kappa shape index (κ3) is 17.2. The number of nitrogens with one attached hydrogen (secondary N) is 1. The Kier molecular flexibility index (Phi) is 24.7. The molecule has 0 aromatic carbocycles. The predicted octanol–water partition coefficient (Wildman–Crippen LogP) is 12.7. The molecule has 418 valence electrons. The number of amides is 1. The number of carbonyl (C=O) groups is 5. The number of ketones is 1. The van der Waals surface area contributed by atoms with E-state index < -0.39 is 11.4 Å². The van der Waals surface area contributed by atoms with Gasteiger partial charge in [-0.05, 0) is 167 Å². The molecule has 10 aliphatic carbocycles. The summed E-state index contributed by atoms with van der Waals surface area (Å²) in [5.74, 6) is 7.69. The van der Waals surface area contributed by atoms with Crippen molar-refractivity contribution in [2.24, 2.45) is 81.2 Å². The zero-order valence-corrected chi connectivity index (χ0v) is 44.5. The summed E-state index contributed by atoms with van der Waals surface area (Å²) >= 11 is 0. The number of halogens is 1. The Balaban J connectivity index is 0.000000199. The minimum Gasteiger partial charge on any atom is -0.481 e. The molecule has 1 spiro atoms. The number of carboxylic acid groups (broad SMARTS) is 1. The van der Waals surface area contributed by atoms with Gasteiger partial charge in [0.25, 0.3) is 0 Å². The molecule has 13 atom stereocenters. The minimum absolute atomic E-state index is 0. The van der Waals surface area contributed by atoms with E-state index in [0.29, 0.717) is 48.7 Å². The van der Waals surface area contributed by atoms with Gasteiger partial charge >= 0.3 is 17.9 Å². The molecular formula is C59H100ClN3O10. The van der Waals surface area contributed by atoms with Crippen LogP contribution in [0.4, 0.5) is 0 Å². The smallest absolute Gasteiger partial charge is 0.330 e. The number of rotatable bonds is 10. The number of carbonyl (C=O) groups excluding carboxylic acids is 4. The van der Waals surface area contributed by atoms with E-state index in [1.54, 1.807) is 13.0 Å². The molecule has 10 saturated carbocycles. The molecule has 4 N–H and O–H groups in total. The van der Waals surface area contributed by atoms with Gasteiger partial charge < -0.3 is 25.6 Å². The van der Waals surface area contributed by atoms with Crippen LogP contribution in [-0.4, -0.2) is 72.5 Å². The van der Waals surface area contributed by atoms with Crippen LogP contribution in [0.5, 0.6) is 0 Å². The second-order valence-electron chi connectivity index (χ2n) is 24.8. The van der Waals surface area contributed by atoms with E-state index in [-0.39, 0.29) is 68.9 Å². The molecule has 1 heterocycles. The first kappa shape index (κ1) is 62.5. The maximum absolute atomic E-state index is 11.7. The number of nitrogens with zero attached hydrogens (tertiary/aromatic N) is 1. The molecule has 1 aliphatic heterocycles. The van der Waals surface area contributed by atoms with Crippen molar-refractivity contribution in [1.29, 1.82) is 0 Å². The van der Waals surface area contributed by atoms with Crippen LogP contribution in [0.25, 0.3) is 0 Å². The second-order valence-corrected chi connectivity index (χ2v) is 24.8. The molecule has 0 aromatic heterocycles. The summed E-state index contributed by atoms with van der Waals surface area (Å²) in [5.41, 5.74) is 6.99. The van der Waals surface area contributed by atoms with Crippen LogP contribution in [0.1, 0.15) is 221 Å². The number of esters is 2. The topological polar surface area (TPSA) is 205 Å². The number of hydrogen-bond acceptors (Lipinski definition) is 10. The first-order valence-corrected chi connectivity index (χ1v) is 28.5. The lowest BCUT2D eigenvalue weighted by atomic mass is 9.81. The van der Waals surface area contributed by atoms with Crippen LogP contribution in [0, 0.1) is 85.5 Å². The Morgan fingerprint density at radius 1 is 0.644 bits per heavy atom. The summed E-state index contributed by atoms with van der Waals surface area (Å²) in [7, 11) is 0. The fourth-order valence-corrected chi connectivity index (χ4v) is 16.9. The number of nitro groups is 1. The van der Waals surface area contributed by atoms with Gasteiger partial charge in [0.05, 0.1) is 26.1 Å². The Bertz CT molecular complexity index is 1790. The molecule has 11 aliphatic rings. The highest BCUT2D eigenvalue weighted by Gasteiger charge is 2.52. The van der Waals surface area contributed by atoms with Crippen molar-refractivity contribution >= 4 is 42.0 Å². The minimum atomic E-state index is -0.681. The van der Waals surface area contributed by atoms with Gasteiger partial charge in [0.15, 0.2) is 0 Å². The van der Waals surface area contributed by atoms with Crippen LogP contribution in [0.15, 0.2) is 11.6 Å². The van der Waals surface area contributed by atoms with E-state index in [1.807, 2.05) is 6.92 Å². The number of fused-ring (bicyclic) bond motifs is 5. The number of aliphatic carboxylic acids is 1. The maximum atomic E-state index is 11.7. The quantitative estimate of drug-likeness (QED) is 0.0812. The third-order valence-electron chi connectivity index (χ3n) is 19.8. The van der Waals surface area contributed by atoms with Crippen LogP contribution >= 0.6 is 12.4 Å². The lowest BCUT2D eigenvalue weighted by molar-refractivity contribution is -0.497. The predicted molar refractivity (Wildman–Crippen MR) is 289 cm³/mol. The third-order valence-corrected chi connectivity index (χ3v) is 19.8. The Morgan fingerprint density at radius 2 is 1.05 bits per heavy atom. The average Bonchev–Trinajstić information content (AvgIpc) is 4.16. The largest absolute Gasteiger partial charge is 0.481 e. The van der Waals surface area contributed by atoms with Gasteiger partial charge in [-0.25, -0.2) is 4.79 Å². The monoisotopic (exact) mass is 1050 g/mol. The molecule has 1 saturated heterocycles. The summed E-state index contributed by atoms with van der Waals surface area (Å²) in [6, 6.07) is 0. The van der Waals surface area contributed by atoms with Crippen molar-refractivity contribution in [3.63, 3.8) is 0 Å². The lowest BCUT2D eigenvalue weighted by Gasteiger charge is -2.25. The molecule has 11 rings (SSSR count). The van der Waals surface area contributed by atoms with E-state index in [2.05, 4.69) is 5.32 Å². The van der Waals surface area contributed by atoms with Gasteiger partial charge in [0, 0.05) is 42.2 Å². The molecule has 0 aromatic rings. The van der Waals surface area contributed by atoms with E-state index in [9.17, 15) is 34.1 Å². The normalized spacial score (nSPS) is 37.2. The molecular weight excluding hydrogens is 946 g/mol. The van der Waals surface area contributed by atoms with Crippen molar-refractivity contribution in [2.45, 2.75) is 221 Å². The molecule has 0 radical (unpaired) electrons. The average molecular weight is 1050 g/mol. The van der Waals surface area contributed by atoms with Gasteiger partial charge in [-0.1, -0.05) is 104 Å². The number of Topliss-reactive ketones (excluding diaryl/α,β-unsaturated/α-hetero) is 1. The highest BCUT2D eigenvalue weighted by molar-refractivity contribution is 5.85. The molecule has 73 heavy (non-hydrogen) atoms. The number of ether oxygens (including phenoxy) is 2. The van der Waals surface area contributed by atoms with Crippen molar-refractivity contribution in [3.05, 3.63) is 21.8 Å². The number of nitrogens with two attached hydrogens (primary N) is 1. The standard InChI is InChI=1S/C14H23NO4.C12H21NO2.C12H18O2.C11H17NO.C8H12O.2CH4.ClH/c1-2-19-13(16)9-14(10-15(17)18)7-11-5-3-4-6-12(11)8-14;13-8-12(7-11(14)15)5-9-3-1-2-4-10(9)6-12;1-2-14-12(13)8-9-6-10-4-3-5-11(10)7-9;13-10-6-11(7-12-10)4-8-2-1-3-9(8)5-11;9-8-4-6-2-1-3-7(6)5-8;;;/h11-12H,2-10H2,1H3;9-10H,1-8,13H2,(H,14,15);8,10-11H,2-7H2,1H3;8-9H,1-7H2,(H,12,13);6-7H,1-5H2;2*1H4;1H/t11-,12+,14?;9-,10+,12?;10-,11+;8-,9+,11?;6-,7+;;;. The van der Waals surface area contributed by atoms with Gasteiger partial charge in [0.2, 0.25) is 12.5 Å². The van der Waals surface area contributed by atoms with E-state index >= 15 is 0 Å². The zero-order chi connectivity index (χ0) is 49.9. The zero-order valence-electron chi connectivity index (χ0n) is 43.7. The molecule has 13 nitrogen and oxygen atoms in total. The fourth-order valence-electron chi connectivity index (χ4n) is 16.9. The van der Waals surface area contributed by atoms with E-state index in [0.717, 1.165) is 112 Å². The van der Waals surface area contributed by atoms with Gasteiger partial charge in [-0.3, -0.25) is 29.3 Å².